The van der Waals surface area contributed by atoms with Crippen LogP contribution in [0, 0.1) is 17.0 Å². The Kier molecular flexibility index (Phi) is 5.63. The minimum Gasteiger partial charge on any atom is -0.497 e. The summed E-state index contributed by atoms with van der Waals surface area (Å²) in [4.78, 5) is 33.2. The van der Waals surface area contributed by atoms with Gasteiger partial charge in [-0.25, -0.2) is 4.98 Å². The zero-order valence-corrected chi connectivity index (χ0v) is 17.4. The van der Waals surface area contributed by atoms with Crippen LogP contribution in [0.2, 0.25) is 0 Å². The first kappa shape index (κ1) is 20.7. The number of anilines is 2. The van der Waals surface area contributed by atoms with Crippen molar-refractivity contribution in [2.24, 2.45) is 4.99 Å². The fourth-order valence-corrected chi connectivity index (χ4v) is 3.20. The van der Waals surface area contributed by atoms with E-state index in [9.17, 15) is 14.9 Å². The second-order valence-corrected chi connectivity index (χ2v) is 6.92. The molecule has 9 nitrogen and oxygen atoms in total. The Morgan fingerprint density at radius 2 is 1.88 bits per heavy atom. The lowest BCUT2D eigenvalue weighted by molar-refractivity contribution is -0.383. The zero-order valence-electron chi connectivity index (χ0n) is 17.4. The molecule has 0 unspecified atom stereocenters. The SMILES string of the molecule is COc1ccc(N=Cc2c(Nc3ccccc3[N+](=O)[O-])nc3c(C)cccn3c2=O)cc1. The number of nitrogens with one attached hydrogen (secondary N) is 1. The van der Waals surface area contributed by atoms with Crippen molar-refractivity contribution in [1.82, 2.24) is 9.38 Å². The Labute approximate surface area is 182 Å². The van der Waals surface area contributed by atoms with E-state index in [1.165, 1.54) is 16.7 Å². The highest BCUT2D eigenvalue weighted by atomic mass is 16.6. The maximum Gasteiger partial charge on any atom is 0.292 e. The number of aliphatic imine (C=N–C) groups is 1. The average molecular weight is 429 g/mol. The van der Waals surface area contributed by atoms with Gasteiger partial charge in [-0.2, -0.15) is 0 Å². The van der Waals surface area contributed by atoms with Gasteiger partial charge in [-0.15, -0.1) is 0 Å². The number of hydrogen-bond donors (Lipinski definition) is 1. The number of ether oxygens (including phenoxy) is 1. The summed E-state index contributed by atoms with van der Waals surface area (Å²) in [5, 5.41) is 14.4. The molecule has 0 saturated carbocycles. The van der Waals surface area contributed by atoms with E-state index in [1.54, 1.807) is 61.8 Å². The Morgan fingerprint density at radius 3 is 2.59 bits per heavy atom. The van der Waals surface area contributed by atoms with Crippen molar-refractivity contribution in [2.45, 2.75) is 6.92 Å². The van der Waals surface area contributed by atoms with Gasteiger partial charge < -0.3 is 10.1 Å². The first-order valence-corrected chi connectivity index (χ1v) is 9.68. The molecule has 2 aromatic heterocycles. The van der Waals surface area contributed by atoms with E-state index in [-0.39, 0.29) is 28.3 Å². The van der Waals surface area contributed by atoms with E-state index in [0.29, 0.717) is 17.1 Å². The monoisotopic (exact) mass is 429 g/mol. The summed E-state index contributed by atoms with van der Waals surface area (Å²) in [6.07, 6.45) is 3.03. The summed E-state index contributed by atoms with van der Waals surface area (Å²) in [5.41, 5.74) is 1.75. The van der Waals surface area contributed by atoms with Crippen molar-refractivity contribution in [3.63, 3.8) is 0 Å². The van der Waals surface area contributed by atoms with Gasteiger partial charge in [0, 0.05) is 18.5 Å². The Hall–Kier alpha value is -4.53. The van der Waals surface area contributed by atoms with Gasteiger partial charge in [0.2, 0.25) is 0 Å². The zero-order chi connectivity index (χ0) is 22.7. The third-order valence-corrected chi connectivity index (χ3v) is 4.85. The fourth-order valence-electron chi connectivity index (χ4n) is 3.20. The van der Waals surface area contributed by atoms with Crippen molar-refractivity contribution in [3.05, 3.63) is 98.5 Å². The molecule has 0 amide bonds. The second-order valence-electron chi connectivity index (χ2n) is 6.92. The molecule has 9 heteroatoms. The lowest BCUT2D eigenvalue weighted by Crippen LogP contribution is -2.22. The molecule has 1 N–H and O–H groups in total. The van der Waals surface area contributed by atoms with Crippen molar-refractivity contribution in [1.29, 1.82) is 0 Å². The van der Waals surface area contributed by atoms with Gasteiger partial charge in [-0.05, 0) is 48.9 Å². The Balaban J connectivity index is 1.86. The van der Waals surface area contributed by atoms with E-state index < -0.39 is 4.92 Å². The summed E-state index contributed by atoms with van der Waals surface area (Å²) in [6, 6.07) is 16.8. The highest BCUT2D eigenvalue weighted by Crippen LogP contribution is 2.27. The first-order valence-electron chi connectivity index (χ1n) is 9.68. The molecule has 4 rings (SSSR count). The number of hydrogen-bond acceptors (Lipinski definition) is 7. The maximum atomic E-state index is 13.3. The van der Waals surface area contributed by atoms with Gasteiger partial charge in [0.15, 0.2) is 0 Å². The normalized spacial score (nSPS) is 11.1. The van der Waals surface area contributed by atoms with Crippen molar-refractivity contribution in [2.75, 3.05) is 12.4 Å². The van der Waals surface area contributed by atoms with E-state index in [1.807, 2.05) is 13.0 Å². The molecule has 4 aromatic rings. The van der Waals surface area contributed by atoms with Crippen molar-refractivity contribution < 1.29 is 9.66 Å². The predicted molar refractivity (Wildman–Crippen MR) is 123 cm³/mol. The standard InChI is InChI=1S/C23H19N5O4/c1-15-6-5-13-27-22(15)26-21(25-19-7-3-4-8-20(19)28(30)31)18(23(27)29)14-24-16-9-11-17(32-2)12-10-16/h3-14,25H,1-2H3. The molecule has 0 spiro atoms. The van der Waals surface area contributed by atoms with Gasteiger partial charge in [0.05, 0.1) is 17.7 Å². The van der Waals surface area contributed by atoms with Crippen molar-refractivity contribution >= 4 is 34.7 Å². The summed E-state index contributed by atoms with van der Waals surface area (Å²) >= 11 is 0. The van der Waals surface area contributed by atoms with Crippen LogP contribution >= 0.6 is 0 Å². The number of pyridine rings is 1. The highest BCUT2D eigenvalue weighted by Gasteiger charge is 2.17. The molecule has 32 heavy (non-hydrogen) atoms. The van der Waals surface area contributed by atoms with Crippen LogP contribution in [0.1, 0.15) is 11.1 Å². The molecule has 0 aliphatic heterocycles. The lowest BCUT2D eigenvalue weighted by atomic mass is 10.2. The molecular formula is C23H19N5O4. The minimum absolute atomic E-state index is 0.127. The van der Waals surface area contributed by atoms with Crippen LogP contribution in [-0.4, -0.2) is 27.6 Å². The number of methoxy groups -OCH3 is 1. The van der Waals surface area contributed by atoms with Gasteiger partial charge in [0.25, 0.3) is 11.2 Å². The number of para-hydroxylation sites is 2. The van der Waals surface area contributed by atoms with Crippen LogP contribution in [-0.2, 0) is 0 Å². The minimum atomic E-state index is -0.493. The number of nitro groups is 1. The largest absolute Gasteiger partial charge is 0.497 e. The highest BCUT2D eigenvalue weighted by molar-refractivity contribution is 5.90. The average Bonchev–Trinajstić information content (AvgIpc) is 2.80. The summed E-state index contributed by atoms with van der Waals surface area (Å²) in [5.74, 6) is 0.862. The number of fused-ring (bicyclic) bond motifs is 1. The van der Waals surface area contributed by atoms with Crippen LogP contribution in [0.15, 0.2) is 76.6 Å². The third-order valence-electron chi connectivity index (χ3n) is 4.85. The molecule has 0 aliphatic carbocycles. The molecule has 2 aromatic carbocycles. The van der Waals surface area contributed by atoms with Crippen LogP contribution in [0.4, 0.5) is 22.9 Å². The van der Waals surface area contributed by atoms with E-state index in [2.05, 4.69) is 15.3 Å². The number of nitro benzene ring substituents is 1. The smallest absolute Gasteiger partial charge is 0.292 e. The quantitative estimate of drug-likeness (QED) is 0.276. The fraction of sp³-hybridized carbons (Fsp3) is 0.0870. The first-order chi connectivity index (χ1) is 15.5. The van der Waals surface area contributed by atoms with Crippen molar-refractivity contribution in [3.8, 4) is 5.75 Å². The topological polar surface area (TPSA) is 111 Å². The Morgan fingerprint density at radius 1 is 1.12 bits per heavy atom. The third kappa shape index (κ3) is 4.04. The van der Waals surface area contributed by atoms with Gasteiger partial charge in [-0.3, -0.25) is 24.3 Å². The van der Waals surface area contributed by atoms with Gasteiger partial charge >= 0.3 is 0 Å². The molecule has 0 aliphatic rings. The van der Waals surface area contributed by atoms with E-state index >= 15 is 0 Å². The molecule has 0 fully saturated rings. The van der Waals surface area contributed by atoms with Gasteiger partial charge in [-0.1, -0.05) is 18.2 Å². The van der Waals surface area contributed by atoms with Gasteiger partial charge in [0.1, 0.15) is 28.5 Å². The molecule has 2 heterocycles. The molecule has 0 bridgehead atoms. The second kappa shape index (κ2) is 8.68. The number of aryl methyl sites for hydroxylation is 1. The van der Waals surface area contributed by atoms with Crippen LogP contribution < -0.4 is 15.6 Å². The maximum absolute atomic E-state index is 13.3. The van der Waals surface area contributed by atoms with Crippen LogP contribution in [0.5, 0.6) is 5.75 Å². The Bertz CT molecular complexity index is 1390. The summed E-state index contributed by atoms with van der Waals surface area (Å²) < 4.78 is 6.57. The summed E-state index contributed by atoms with van der Waals surface area (Å²) in [6.45, 7) is 1.83. The number of nitrogens with zero attached hydrogens (tertiary/aromatic N) is 4. The van der Waals surface area contributed by atoms with Crippen LogP contribution in [0.3, 0.4) is 0 Å². The number of rotatable bonds is 6. The van der Waals surface area contributed by atoms with Crippen LogP contribution in [0.25, 0.3) is 5.65 Å². The molecule has 0 atom stereocenters. The summed E-state index contributed by atoms with van der Waals surface area (Å²) in [7, 11) is 1.57. The van der Waals surface area contributed by atoms with E-state index in [4.69, 9.17) is 4.74 Å². The predicted octanol–water partition coefficient (Wildman–Crippen LogP) is 4.41. The molecule has 0 saturated heterocycles. The lowest BCUT2D eigenvalue weighted by Gasteiger charge is -2.12. The van der Waals surface area contributed by atoms with E-state index in [0.717, 1.165) is 5.56 Å². The number of aromatic nitrogens is 2. The number of benzene rings is 2. The molecular weight excluding hydrogens is 410 g/mol. The molecule has 160 valence electrons. The molecule has 0 radical (unpaired) electrons.